The van der Waals surface area contributed by atoms with Crippen molar-refractivity contribution in [3.63, 3.8) is 0 Å². The van der Waals surface area contributed by atoms with Crippen LogP contribution in [0.4, 0.5) is 10.1 Å². The van der Waals surface area contributed by atoms with Crippen molar-refractivity contribution in [3.8, 4) is 33.8 Å². The summed E-state index contributed by atoms with van der Waals surface area (Å²) >= 11 is 0. The highest BCUT2D eigenvalue weighted by molar-refractivity contribution is 7.88. The Bertz CT molecular complexity index is 2150. The molecule has 1 amide bonds. The lowest BCUT2D eigenvalue weighted by Crippen LogP contribution is -2.21. The number of pyridine rings is 2. The number of aromatic nitrogens is 5. The van der Waals surface area contributed by atoms with E-state index in [1.165, 1.54) is 12.1 Å². The van der Waals surface area contributed by atoms with Gasteiger partial charge in [-0.05, 0) is 72.0 Å². The van der Waals surface area contributed by atoms with Crippen molar-refractivity contribution in [2.24, 2.45) is 5.92 Å². The van der Waals surface area contributed by atoms with E-state index >= 15 is 0 Å². The van der Waals surface area contributed by atoms with Gasteiger partial charge in [0.1, 0.15) is 11.5 Å². The molecule has 1 aliphatic carbocycles. The molecule has 1 fully saturated rings. The Labute approximate surface area is 245 Å². The molecule has 4 aromatic heterocycles. The zero-order valence-corrected chi connectivity index (χ0v) is 23.8. The molecule has 7 rings (SSSR count). The van der Waals surface area contributed by atoms with Gasteiger partial charge in [0.2, 0.25) is 15.9 Å². The molecule has 0 unspecified atom stereocenters. The molecule has 0 aliphatic heterocycles. The van der Waals surface area contributed by atoms with Crippen molar-refractivity contribution < 1.29 is 17.6 Å². The highest BCUT2D eigenvalue weighted by atomic mass is 32.2. The number of aromatic amines is 2. The number of anilines is 1. The highest BCUT2D eigenvalue weighted by Gasteiger charge is 2.29. The molecule has 43 heavy (non-hydrogen) atoms. The standard InChI is InChI=1S/C31H26FN7O3S/c1-43(41,42)35-13-17-7-19(9-21(32)8-17)23-3-2-4-26-24(23)11-28(37-26)30-25-12-27(34-16-29(25)38-39-30)20-10-22(15-33-14-20)36-31(40)18-5-6-18/h2-4,7-12,14-16,18,35,37H,5-6,13H2,1H3,(H,36,40)(H,38,39). The summed E-state index contributed by atoms with van der Waals surface area (Å²) < 4.78 is 40.2. The number of sulfonamides is 1. The Morgan fingerprint density at radius 1 is 1.00 bits per heavy atom. The maximum Gasteiger partial charge on any atom is 0.227 e. The third-order valence-corrected chi connectivity index (χ3v) is 8.09. The van der Waals surface area contributed by atoms with E-state index in [0.717, 1.165) is 57.7 Å². The van der Waals surface area contributed by atoms with Gasteiger partial charge in [0.15, 0.2) is 0 Å². The Hall–Kier alpha value is -4.94. The first kappa shape index (κ1) is 26.9. The van der Waals surface area contributed by atoms with Crippen LogP contribution in [0.1, 0.15) is 18.4 Å². The third-order valence-electron chi connectivity index (χ3n) is 7.42. The van der Waals surface area contributed by atoms with Gasteiger partial charge in [-0.1, -0.05) is 12.1 Å². The normalized spacial score (nSPS) is 13.5. The first-order chi connectivity index (χ1) is 20.7. The Kier molecular flexibility index (Phi) is 6.51. The minimum absolute atomic E-state index is 0.0118. The molecule has 12 heteroatoms. The molecule has 4 N–H and O–H groups in total. The molecule has 216 valence electrons. The van der Waals surface area contributed by atoms with Crippen molar-refractivity contribution >= 4 is 43.4 Å². The minimum atomic E-state index is -3.43. The van der Waals surface area contributed by atoms with Crippen LogP contribution in [0, 0.1) is 11.7 Å². The number of carbonyl (C=O) groups is 1. The molecule has 1 saturated carbocycles. The van der Waals surface area contributed by atoms with Gasteiger partial charge in [0.05, 0.1) is 41.2 Å². The SMILES string of the molecule is CS(=O)(=O)NCc1cc(F)cc(-c2cccc3[nH]c(-c4n[nH]c5cnc(-c6cncc(NC(=O)C7CC7)c6)cc45)cc23)c1. The molecule has 10 nitrogen and oxygen atoms in total. The summed E-state index contributed by atoms with van der Waals surface area (Å²) in [5.41, 5.74) is 7.01. The van der Waals surface area contributed by atoms with Crippen LogP contribution in [-0.2, 0) is 21.4 Å². The van der Waals surface area contributed by atoms with E-state index in [9.17, 15) is 17.6 Å². The van der Waals surface area contributed by atoms with Crippen molar-refractivity contribution in [2.75, 3.05) is 11.6 Å². The van der Waals surface area contributed by atoms with Gasteiger partial charge in [-0.3, -0.25) is 19.9 Å². The smallest absolute Gasteiger partial charge is 0.227 e. The molecule has 0 saturated heterocycles. The number of hydrogen-bond acceptors (Lipinski definition) is 6. The van der Waals surface area contributed by atoms with Crippen LogP contribution in [0.2, 0.25) is 0 Å². The summed E-state index contributed by atoms with van der Waals surface area (Å²) in [6.45, 7) is -0.0150. The molecular weight excluding hydrogens is 569 g/mol. The van der Waals surface area contributed by atoms with E-state index in [-0.39, 0.29) is 18.4 Å². The van der Waals surface area contributed by atoms with Crippen LogP contribution in [-0.4, -0.2) is 45.7 Å². The van der Waals surface area contributed by atoms with Crippen LogP contribution < -0.4 is 10.0 Å². The van der Waals surface area contributed by atoms with Crippen molar-refractivity contribution in [1.29, 1.82) is 0 Å². The van der Waals surface area contributed by atoms with Gasteiger partial charge in [-0.25, -0.2) is 17.5 Å². The molecule has 2 aromatic carbocycles. The van der Waals surface area contributed by atoms with Crippen molar-refractivity contribution in [1.82, 2.24) is 29.9 Å². The summed E-state index contributed by atoms with van der Waals surface area (Å²) in [5, 5.41) is 12.2. The van der Waals surface area contributed by atoms with Crippen LogP contribution in [0.5, 0.6) is 0 Å². The van der Waals surface area contributed by atoms with E-state index in [1.807, 2.05) is 36.4 Å². The summed E-state index contributed by atoms with van der Waals surface area (Å²) in [6, 6.07) is 16.0. The molecule has 1 aliphatic rings. The topological polar surface area (TPSA) is 146 Å². The average Bonchev–Trinajstić information content (AvgIpc) is 3.61. The monoisotopic (exact) mass is 595 g/mol. The number of nitrogens with one attached hydrogen (secondary N) is 4. The lowest BCUT2D eigenvalue weighted by atomic mass is 9.99. The summed E-state index contributed by atoms with van der Waals surface area (Å²) in [6.07, 6.45) is 7.94. The molecule has 0 atom stereocenters. The third kappa shape index (κ3) is 5.62. The molecule has 4 heterocycles. The van der Waals surface area contributed by atoms with E-state index in [4.69, 9.17) is 0 Å². The molecular formula is C31H26FN7O3S. The zero-order valence-electron chi connectivity index (χ0n) is 23.0. The number of amides is 1. The van der Waals surface area contributed by atoms with Gasteiger partial charge >= 0.3 is 0 Å². The second-order valence-electron chi connectivity index (χ2n) is 10.8. The van der Waals surface area contributed by atoms with Crippen LogP contribution in [0.3, 0.4) is 0 Å². The number of nitrogens with zero attached hydrogens (tertiary/aromatic N) is 3. The Balaban J connectivity index is 1.25. The maximum atomic E-state index is 14.6. The highest BCUT2D eigenvalue weighted by Crippen LogP contribution is 2.36. The fourth-order valence-corrected chi connectivity index (χ4v) is 5.60. The predicted octanol–water partition coefficient (Wildman–Crippen LogP) is 5.37. The summed E-state index contributed by atoms with van der Waals surface area (Å²) in [7, 11) is -3.43. The lowest BCUT2D eigenvalue weighted by Gasteiger charge is -2.08. The van der Waals surface area contributed by atoms with Gasteiger partial charge in [0.25, 0.3) is 0 Å². The number of carbonyl (C=O) groups excluding carboxylic acids is 1. The van der Waals surface area contributed by atoms with Crippen LogP contribution in [0.25, 0.3) is 55.6 Å². The predicted molar refractivity (Wildman–Crippen MR) is 163 cm³/mol. The Morgan fingerprint density at radius 3 is 2.67 bits per heavy atom. The first-order valence-electron chi connectivity index (χ1n) is 13.7. The number of fused-ring (bicyclic) bond motifs is 2. The van der Waals surface area contributed by atoms with E-state index in [0.29, 0.717) is 28.2 Å². The first-order valence-corrected chi connectivity index (χ1v) is 15.6. The maximum absolute atomic E-state index is 14.6. The van der Waals surface area contributed by atoms with Gasteiger partial charge in [-0.2, -0.15) is 5.10 Å². The molecule has 6 aromatic rings. The fourth-order valence-electron chi connectivity index (χ4n) is 5.18. The van der Waals surface area contributed by atoms with Crippen LogP contribution in [0.15, 0.2) is 73.2 Å². The van der Waals surface area contributed by atoms with Crippen molar-refractivity contribution in [3.05, 3.63) is 84.6 Å². The summed E-state index contributed by atoms with van der Waals surface area (Å²) in [5.74, 6) is -0.361. The molecule has 0 spiro atoms. The number of H-pyrrole nitrogens is 2. The lowest BCUT2D eigenvalue weighted by molar-refractivity contribution is -0.117. The largest absolute Gasteiger partial charge is 0.353 e. The molecule has 0 radical (unpaired) electrons. The van der Waals surface area contributed by atoms with E-state index in [1.54, 1.807) is 24.7 Å². The van der Waals surface area contributed by atoms with Gasteiger partial charge in [-0.15, -0.1) is 0 Å². The Morgan fingerprint density at radius 2 is 1.86 bits per heavy atom. The fraction of sp³-hybridized carbons (Fsp3) is 0.161. The zero-order chi connectivity index (χ0) is 29.7. The second-order valence-corrected chi connectivity index (χ2v) is 12.6. The number of benzene rings is 2. The van der Waals surface area contributed by atoms with Gasteiger partial charge in [0, 0.05) is 40.5 Å². The summed E-state index contributed by atoms with van der Waals surface area (Å²) in [4.78, 5) is 24.6. The van der Waals surface area contributed by atoms with Crippen molar-refractivity contribution in [2.45, 2.75) is 19.4 Å². The number of hydrogen-bond donors (Lipinski definition) is 4. The van der Waals surface area contributed by atoms with E-state index < -0.39 is 15.8 Å². The van der Waals surface area contributed by atoms with Crippen LogP contribution >= 0.6 is 0 Å². The minimum Gasteiger partial charge on any atom is -0.353 e. The number of halogens is 1. The van der Waals surface area contributed by atoms with E-state index in [2.05, 4.69) is 35.2 Å². The van der Waals surface area contributed by atoms with Gasteiger partial charge < -0.3 is 10.3 Å². The quantitative estimate of drug-likeness (QED) is 0.186. The second kappa shape index (κ2) is 10.4. The number of rotatable bonds is 8. The molecule has 0 bridgehead atoms. The average molecular weight is 596 g/mol.